The minimum Gasteiger partial charge on any atom is -0.497 e. The molecule has 1 N–H and O–H groups in total. The van der Waals surface area contributed by atoms with E-state index in [9.17, 15) is 4.79 Å². The van der Waals surface area contributed by atoms with Gasteiger partial charge in [0.05, 0.1) is 26.2 Å². The molecule has 5 nitrogen and oxygen atoms in total. The van der Waals surface area contributed by atoms with Gasteiger partial charge >= 0.3 is 5.97 Å². The van der Waals surface area contributed by atoms with Crippen LogP contribution < -0.4 is 9.47 Å². The van der Waals surface area contributed by atoms with Gasteiger partial charge in [-0.15, -0.1) is 0 Å². The van der Waals surface area contributed by atoms with Gasteiger partial charge in [0.2, 0.25) is 0 Å². The number of fused-ring (bicyclic) bond motifs is 1. The Bertz CT molecular complexity index is 574. The zero-order chi connectivity index (χ0) is 13.1. The van der Waals surface area contributed by atoms with Gasteiger partial charge in [-0.3, -0.25) is 4.79 Å². The first kappa shape index (κ1) is 12.3. The first-order valence-corrected chi connectivity index (χ1v) is 5.58. The number of carboxylic acids is 1. The van der Waals surface area contributed by atoms with Gasteiger partial charge in [-0.05, 0) is 12.1 Å². The second-order valence-electron chi connectivity index (χ2n) is 3.92. The number of ether oxygens (including phenoxy) is 2. The van der Waals surface area contributed by atoms with Crippen LogP contribution in [0.5, 0.6) is 11.5 Å². The van der Waals surface area contributed by atoms with E-state index in [4.69, 9.17) is 14.6 Å². The molecule has 5 heteroatoms. The van der Waals surface area contributed by atoms with Crippen LogP contribution >= 0.6 is 0 Å². The molecule has 0 saturated carbocycles. The largest absolute Gasteiger partial charge is 0.497 e. The van der Waals surface area contributed by atoms with E-state index < -0.39 is 5.97 Å². The van der Waals surface area contributed by atoms with Crippen LogP contribution in [0.3, 0.4) is 0 Å². The number of nitrogens with zero attached hydrogens (tertiary/aromatic N) is 1. The highest BCUT2D eigenvalue weighted by Gasteiger charge is 2.10. The number of hydrogen-bond acceptors (Lipinski definition) is 3. The van der Waals surface area contributed by atoms with E-state index in [0.717, 1.165) is 16.7 Å². The van der Waals surface area contributed by atoms with Crippen molar-refractivity contribution in [2.24, 2.45) is 0 Å². The molecule has 18 heavy (non-hydrogen) atoms. The molecule has 0 spiro atoms. The third-order valence-corrected chi connectivity index (χ3v) is 2.82. The van der Waals surface area contributed by atoms with Gasteiger partial charge < -0.3 is 19.1 Å². The molecule has 0 unspecified atom stereocenters. The van der Waals surface area contributed by atoms with Crippen molar-refractivity contribution in [2.75, 3.05) is 14.2 Å². The van der Waals surface area contributed by atoms with E-state index >= 15 is 0 Å². The summed E-state index contributed by atoms with van der Waals surface area (Å²) in [6.07, 6.45) is 1.94. The van der Waals surface area contributed by atoms with Crippen molar-refractivity contribution < 1.29 is 19.4 Å². The van der Waals surface area contributed by atoms with E-state index in [1.807, 2.05) is 22.9 Å². The van der Waals surface area contributed by atoms with Gasteiger partial charge in [0.1, 0.15) is 11.5 Å². The van der Waals surface area contributed by atoms with Crippen molar-refractivity contribution >= 4 is 16.9 Å². The van der Waals surface area contributed by atoms with Crippen LogP contribution in [0.25, 0.3) is 10.9 Å². The second kappa shape index (κ2) is 5.00. The molecule has 0 bridgehead atoms. The molecule has 0 atom stereocenters. The number of rotatable bonds is 5. The number of carbonyl (C=O) groups is 1. The first-order chi connectivity index (χ1) is 8.65. The van der Waals surface area contributed by atoms with Crippen LogP contribution in [0.1, 0.15) is 6.42 Å². The molecular weight excluding hydrogens is 234 g/mol. The van der Waals surface area contributed by atoms with Crippen LogP contribution in [0.4, 0.5) is 0 Å². The summed E-state index contributed by atoms with van der Waals surface area (Å²) >= 11 is 0. The average molecular weight is 249 g/mol. The number of carboxylic acid groups (broad SMARTS) is 1. The van der Waals surface area contributed by atoms with Crippen molar-refractivity contribution in [3.63, 3.8) is 0 Å². The molecule has 0 aliphatic heterocycles. The minimum atomic E-state index is -0.815. The van der Waals surface area contributed by atoms with Crippen LogP contribution in [0.15, 0.2) is 24.4 Å². The summed E-state index contributed by atoms with van der Waals surface area (Å²) in [5, 5.41) is 9.70. The van der Waals surface area contributed by atoms with Crippen molar-refractivity contribution in [1.29, 1.82) is 0 Å². The fourth-order valence-corrected chi connectivity index (χ4v) is 1.96. The van der Waals surface area contributed by atoms with Gasteiger partial charge in [0.15, 0.2) is 0 Å². The van der Waals surface area contributed by atoms with E-state index in [1.54, 1.807) is 20.3 Å². The van der Waals surface area contributed by atoms with E-state index in [-0.39, 0.29) is 6.42 Å². The highest BCUT2D eigenvalue weighted by molar-refractivity contribution is 5.87. The molecule has 1 aromatic heterocycles. The molecular formula is C13H15NO4. The number of benzene rings is 1. The summed E-state index contributed by atoms with van der Waals surface area (Å²) in [4.78, 5) is 10.6. The molecule has 0 saturated heterocycles. The zero-order valence-electron chi connectivity index (χ0n) is 10.3. The SMILES string of the molecule is COc1cc(OC)c2c(ccn2CCC(=O)O)c1. The van der Waals surface area contributed by atoms with Crippen LogP contribution in [-0.4, -0.2) is 29.9 Å². The lowest BCUT2D eigenvalue weighted by Gasteiger charge is -2.09. The van der Waals surface area contributed by atoms with Gasteiger partial charge in [-0.25, -0.2) is 0 Å². The summed E-state index contributed by atoms with van der Waals surface area (Å²) in [7, 11) is 3.19. The van der Waals surface area contributed by atoms with Crippen LogP contribution in [0.2, 0.25) is 0 Å². The highest BCUT2D eigenvalue weighted by atomic mass is 16.5. The highest BCUT2D eigenvalue weighted by Crippen LogP contribution is 2.32. The number of methoxy groups -OCH3 is 2. The first-order valence-electron chi connectivity index (χ1n) is 5.58. The number of aromatic nitrogens is 1. The molecule has 0 aliphatic carbocycles. The van der Waals surface area contributed by atoms with Crippen LogP contribution in [-0.2, 0) is 11.3 Å². The molecule has 1 aromatic carbocycles. The van der Waals surface area contributed by atoms with Gasteiger partial charge in [-0.2, -0.15) is 0 Å². The average Bonchev–Trinajstić information content (AvgIpc) is 2.78. The summed E-state index contributed by atoms with van der Waals surface area (Å²) in [5.74, 6) is 0.583. The molecule has 96 valence electrons. The lowest BCUT2D eigenvalue weighted by Crippen LogP contribution is -2.04. The standard InChI is InChI=1S/C13H15NO4/c1-17-10-7-9-3-5-14(6-4-12(15)16)13(9)11(8-10)18-2/h3,5,7-8H,4,6H2,1-2H3,(H,15,16). The lowest BCUT2D eigenvalue weighted by atomic mass is 10.2. The van der Waals surface area contributed by atoms with Gasteiger partial charge in [0, 0.05) is 24.2 Å². The van der Waals surface area contributed by atoms with Crippen molar-refractivity contribution in [3.05, 3.63) is 24.4 Å². The quantitative estimate of drug-likeness (QED) is 0.881. The normalized spacial score (nSPS) is 10.6. The number of aliphatic carboxylic acids is 1. The second-order valence-corrected chi connectivity index (χ2v) is 3.92. The molecule has 2 aromatic rings. The Morgan fingerprint density at radius 1 is 1.33 bits per heavy atom. The topological polar surface area (TPSA) is 60.7 Å². The Labute approximate surface area is 105 Å². The maximum Gasteiger partial charge on any atom is 0.305 e. The summed E-state index contributed by atoms with van der Waals surface area (Å²) in [6, 6.07) is 5.61. The lowest BCUT2D eigenvalue weighted by molar-refractivity contribution is -0.137. The monoisotopic (exact) mass is 249 g/mol. The molecule has 1 heterocycles. The Morgan fingerprint density at radius 2 is 2.11 bits per heavy atom. The summed E-state index contributed by atoms with van der Waals surface area (Å²) in [5.41, 5.74) is 0.888. The van der Waals surface area contributed by atoms with Crippen molar-refractivity contribution in [1.82, 2.24) is 4.57 Å². The van der Waals surface area contributed by atoms with E-state index in [1.165, 1.54) is 0 Å². The molecule has 0 aliphatic rings. The van der Waals surface area contributed by atoms with Gasteiger partial charge in [-0.1, -0.05) is 0 Å². The Hall–Kier alpha value is -2.17. The minimum absolute atomic E-state index is 0.0823. The van der Waals surface area contributed by atoms with Gasteiger partial charge in [0.25, 0.3) is 0 Å². The van der Waals surface area contributed by atoms with Crippen molar-refractivity contribution in [2.45, 2.75) is 13.0 Å². The molecule has 0 fully saturated rings. The predicted octanol–water partition coefficient (Wildman–Crippen LogP) is 2.13. The zero-order valence-corrected chi connectivity index (χ0v) is 10.3. The fourth-order valence-electron chi connectivity index (χ4n) is 1.96. The van der Waals surface area contributed by atoms with Crippen LogP contribution in [0, 0.1) is 0 Å². The smallest absolute Gasteiger partial charge is 0.305 e. The molecule has 0 radical (unpaired) electrons. The Balaban J connectivity index is 2.46. The fraction of sp³-hybridized carbons (Fsp3) is 0.308. The van der Waals surface area contributed by atoms with E-state index in [2.05, 4.69) is 0 Å². The van der Waals surface area contributed by atoms with E-state index in [0.29, 0.717) is 12.3 Å². The summed E-state index contributed by atoms with van der Waals surface area (Å²) < 4.78 is 12.4. The Kier molecular flexibility index (Phi) is 3.41. The molecule has 0 amide bonds. The maximum absolute atomic E-state index is 10.6. The van der Waals surface area contributed by atoms with Crippen molar-refractivity contribution in [3.8, 4) is 11.5 Å². The number of hydrogen-bond donors (Lipinski definition) is 1. The third-order valence-electron chi connectivity index (χ3n) is 2.82. The molecule has 2 rings (SSSR count). The summed E-state index contributed by atoms with van der Waals surface area (Å²) in [6.45, 7) is 0.418. The Morgan fingerprint density at radius 3 is 2.72 bits per heavy atom. The predicted molar refractivity (Wildman–Crippen MR) is 67.3 cm³/mol. The third kappa shape index (κ3) is 2.25. The number of aryl methyl sites for hydroxylation is 1. The maximum atomic E-state index is 10.6.